The summed E-state index contributed by atoms with van der Waals surface area (Å²) in [6, 6.07) is 21.8. The highest BCUT2D eigenvalue weighted by Crippen LogP contribution is 2.25. The minimum absolute atomic E-state index is 0.122. The van der Waals surface area contributed by atoms with Crippen LogP contribution in [0.3, 0.4) is 0 Å². The second-order valence-electron chi connectivity index (χ2n) is 7.13. The van der Waals surface area contributed by atoms with E-state index < -0.39 is 0 Å². The van der Waals surface area contributed by atoms with Crippen LogP contribution in [0.5, 0.6) is 0 Å². The van der Waals surface area contributed by atoms with E-state index in [1.807, 2.05) is 60.8 Å². The van der Waals surface area contributed by atoms with E-state index in [0.29, 0.717) is 24.4 Å². The standard InChI is InChI=1S/C24H18BrN3O2/c25-18-10-8-17(9-11-18)22-15-28-23(20(26-22)13-16-5-2-1-3-6-16)27-21(24(28)29)14-19-7-4-12-30-19/h1-12,15,26H,13-14H2. The molecule has 2 aliphatic rings. The molecule has 30 heavy (non-hydrogen) atoms. The Bertz CT molecular complexity index is 1300. The van der Waals surface area contributed by atoms with E-state index in [4.69, 9.17) is 4.42 Å². The van der Waals surface area contributed by atoms with Gasteiger partial charge in [-0.1, -0.05) is 58.4 Å². The molecule has 0 bridgehead atoms. The highest BCUT2D eigenvalue weighted by Gasteiger charge is 2.21. The van der Waals surface area contributed by atoms with Crippen molar-refractivity contribution in [2.45, 2.75) is 12.8 Å². The van der Waals surface area contributed by atoms with Crippen LogP contribution in [0.15, 0.2) is 92.9 Å². The second kappa shape index (κ2) is 7.80. The molecule has 0 fully saturated rings. The Hall–Kier alpha value is -3.38. The Kier molecular flexibility index (Phi) is 4.85. The van der Waals surface area contributed by atoms with Crippen molar-refractivity contribution in [3.63, 3.8) is 0 Å². The Morgan fingerprint density at radius 1 is 0.967 bits per heavy atom. The Morgan fingerprint density at radius 3 is 2.50 bits per heavy atom. The fourth-order valence-corrected chi connectivity index (χ4v) is 3.83. The van der Waals surface area contributed by atoms with Crippen molar-refractivity contribution in [3.05, 3.63) is 117 Å². The summed E-state index contributed by atoms with van der Waals surface area (Å²) in [5, 5.41) is 0. The van der Waals surface area contributed by atoms with Gasteiger partial charge in [-0.15, -0.1) is 0 Å². The zero-order chi connectivity index (χ0) is 20.5. The first-order valence-electron chi connectivity index (χ1n) is 9.63. The number of nitrogens with zero attached hydrogens (tertiary/aromatic N) is 2. The normalized spacial score (nSPS) is 11.2. The number of furan rings is 1. The first-order chi connectivity index (χ1) is 14.7. The molecule has 3 heterocycles. The van der Waals surface area contributed by atoms with Crippen LogP contribution in [0.4, 0.5) is 0 Å². The fraction of sp³-hybridized carbons (Fsp3) is 0.0833. The summed E-state index contributed by atoms with van der Waals surface area (Å²) in [4.78, 5) is 21.3. The molecule has 0 spiro atoms. The predicted octanol–water partition coefficient (Wildman–Crippen LogP) is 5.20. The summed E-state index contributed by atoms with van der Waals surface area (Å²) in [7, 11) is 0. The number of hydrogen-bond donors (Lipinski definition) is 1. The molecule has 2 aromatic carbocycles. The maximum absolute atomic E-state index is 13.1. The summed E-state index contributed by atoms with van der Waals surface area (Å²) in [6.45, 7) is 0. The van der Waals surface area contributed by atoms with Crippen molar-refractivity contribution in [2.75, 3.05) is 0 Å². The molecule has 5 rings (SSSR count). The van der Waals surface area contributed by atoms with Crippen molar-refractivity contribution >= 4 is 15.9 Å². The van der Waals surface area contributed by atoms with Crippen LogP contribution in [0.1, 0.15) is 22.7 Å². The van der Waals surface area contributed by atoms with Gasteiger partial charge in [0.1, 0.15) is 11.5 Å². The molecular weight excluding hydrogens is 442 g/mol. The van der Waals surface area contributed by atoms with E-state index in [1.165, 1.54) is 0 Å². The van der Waals surface area contributed by atoms with Gasteiger partial charge in [0.2, 0.25) is 0 Å². The number of nitrogens with one attached hydrogen (secondary N) is 1. The third kappa shape index (κ3) is 3.62. The molecule has 3 aromatic rings. The largest absolute Gasteiger partial charge is 0.469 e. The van der Waals surface area contributed by atoms with Gasteiger partial charge < -0.3 is 9.40 Å². The maximum Gasteiger partial charge on any atom is 0.278 e. The minimum atomic E-state index is -0.122. The van der Waals surface area contributed by atoms with Gasteiger partial charge >= 0.3 is 0 Å². The van der Waals surface area contributed by atoms with E-state index in [-0.39, 0.29) is 5.56 Å². The smallest absolute Gasteiger partial charge is 0.278 e. The molecule has 0 radical (unpaired) electrons. The van der Waals surface area contributed by atoms with Crippen LogP contribution in [-0.2, 0) is 12.8 Å². The average Bonchev–Trinajstić information content (AvgIpc) is 3.38. The summed E-state index contributed by atoms with van der Waals surface area (Å²) in [5.41, 5.74) is 4.25. The van der Waals surface area contributed by atoms with Gasteiger partial charge in [-0.25, -0.2) is 4.98 Å². The zero-order valence-corrected chi connectivity index (χ0v) is 17.6. The number of halogens is 1. The van der Waals surface area contributed by atoms with Crippen LogP contribution in [0, 0.1) is 0 Å². The first kappa shape index (κ1) is 18.6. The topological polar surface area (TPSA) is 63.8 Å². The summed E-state index contributed by atoms with van der Waals surface area (Å²) in [5.74, 6) is 1.36. The van der Waals surface area contributed by atoms with Gasteiger partial charge in [-0.3, -0.25) is 9.36 Å². The summed E-state index contributed by atoms with van der Waals surface area (Å²) >= 11 is 3.48. The van der Waals surface area contributed by atoms with Crippen LogP contribution in [-0.4, -0.2) is 14.5 Å². The van der Waals surface area contributed by atoms with E-state index in [2.05, 4.69) is 38.0 Å². The summed E-state index contributed by atoms with van der Waals surface area (Å²) in [6.07, 6.45) is 4.45. The molecule has 5 nitrogen and oxygen atoms in total. The molecule has 0 unspecified atom stereocenters. The van der Waals surface area contributed by atoms with Crippen LogP contribution >= 0.6 is 15.9 Å². The number of benzene rings is 2. The quantitative estimate of drug-likeness (QED) is 0.392. The number of rotatable bonds is 5. The lowest BCUT2D eigenvalue weighted by atomic mass is 10.1. The minimum Gasteiger partial charge on any atom is -0.469 e. The maximum atomic E-state index is 13.1. The predicted molar refractivity (Wildman–Crippen MR) is 119 cm³/mol. The molecule has 0 amide bonds. The van der Waals surface area contributed by atoms with E-state index in [0.717, 1.165) is 32.7 Å². The van der Waals surface area contributed by atoms with E-state index >= 15 is 0 Å². The zero-order valence-electron chi connectivity index (χ0n) is 16.0. The highest BCUT2D eigenvalue weighted by molar-refractivity contribution is 9.10. The first-order valence-corrected chi connectivity index (χ1v) is 10.4. The highest BCUT2D eigenvalue weighted by atomic mass is 79.9. The van der Waals surface area contributed by atoms with Crippen LogP contribution < -0.4 is 5.56 Å². The molecular formula is C24H18BrN3O2. The molecule has 0 atom stereocenters. The molecule has 6 heteroatoms. The number of fused-ring (bicyclic) bond motifs is 1. The SMILES string of the molecule is O=c1c(Cc2ccco2)nc2c(Cc3ccccc3)[nH]c(-c3ccc(Br)cc3)cn1-2. The second-order valence-corrected chi connectivity index (χ2v) is 8.04. The monoisotopic (exact) mass is 459 g/mol. The average molecular weight is 460 g/mol. The van der Waals surface area contributed by atoms with Crippen molar-refractivity contribution in [3.8, 4) is 17.1 Å². The molecule has 0 saturated heterocycles. The van der Waals surface area contributed by atoms with Gasteiger partial charge in [0.05, 0.1) is 24.1 Å². The number of imidazole rings is 1. The van der Waals surface area contributed by atoms with Gasteiger partial charge in [0.25, 0.3) is 5.56 Å². The Morgan fingerprint density at radius 2 is 1.77 bits per heavy atom. The number of H-pyrrole nitrogens is 1. The lowest BCUT2D eigenvalue weighted by Crippen LogP contribution is -2.17. The molecule has 0 saturated carbocycles. The number of aromatic nitrogens is 3. The molecule has 2 aliphatic heterocycles. The fourth-order valence-electron chi connectivity index (χ4n) is 3.57. The van der Waals surface area contributed by atoms with E-state index in [1.54, 1.807) is 10.8 Å². The molecule has 148 valence electrons. The van der Waals surface area contributed by atoms with Crippen LogP contribution in [0.25, 0.3) is 17.1 Å². The summed E-state index contributed by atoms with van der Waals surface area (Å²) < 4.78 is 8.07. The third-order valence-corrected chi connectivity index (χ3v) is 5.58. The van der Waals surface area contributed by atoms with Gasteiger partial charge in [0, 0.05) is 17.1 Å². The van der Waals surface area contributed by atoms with Gasteiger partial charge in [0.15, 0.2) is 5.82 Å². The molecule has 0 aliphatic carbocycles. The van der Waals surface area contributed by atoms with Gasteiger partial charge in [-0.2, -0.15) is 0 Å². The van der Waals surface area contributed by atoms with Crippen molar-refractivity contribution < 1.29 is 4.42 Å². The Labute approximate surface area is 181 Å². The molecule has 1 aromatic heterocycles. The number of hydrogen-bond acceptors (Lipinski definition) is 3. The lowest BCUT2D eigenvalue weighted by molar-refractivity contribution is 0.519. The van der Waals surface area contributed by atoms with Crippen molar-refractivity contribution in [1.82, 2.24) is 14.5 Å². The number of aromatic amines is 1. The molecule has 1 N–H and O–H groups in total. The van der Waals surface area contributed by atoms with E-state index in [9.17, 15) is 4.79 Å². The van der Waals surface area contributed by atoms with Crippen LogP contribution in [0.2, 0.25) is 0 Å². The van der Waals surface area contributed by atoms with Crippen molar-refractivity contribution in [1.29, 1.82) is 0 Å². The van der Waals surface area contributed by atoms with Crippen molar-refractivity contribution in [2.24, 2.45) is 0 Å². The Balaban J connectivity index is 1.66. The van der Waals surface area contributed by atoms with Gasteiger partial charge in [-0.05, 0) is 35.4 Å². The third-order valence-electron chi connectivity index (χ3n) is 5.05. The lowest BCUT2D eigenvalue weighted by Gasteiger charge is -2.13.